The molecule has 0 aliphatic heterocycles. The van der Waals surface area contributed by atoms with Gasteiger partial charge in [-0.3, -0.25) is 10.1 Å². The fraction of sp³-hybridized carbons (Fsp3) is 0.154. The third-order valence-electron chi connectivity index (χ3n) is 2.56. The molecular weight excluding hydrogens is 359 g/mol. The first-order valence-corrected chi connectivity index (χ1v) is 6.60. The van der Waals surface area contributed by atoms with Crippen molar-refractivity contribution in [1.29, 1.82) is 0 Å². The third kappa shape index (κ3) is 3.19. The zero-order valence-electron chi connectivity index (χ0n) is 10.4. The smallest absolute Gasteiger partial charge is 0.290 e. The molecule has 2 aromatic rings. The second-order valence-corrected chi connectivity index (χ2v) is 5.26. The molecule has 0 saturated heterocycles. The van der Waals surface area contributed by atoms with Crippen LogP contribution in [0.2, 0.25) is 0 Å². The van der Waals surface area contributed by atoms with Crippen molar-refractivity contribution in [3.05, 3.63) is 55.3 Å². The number of aryl methyl sites for hydroxylation is 2. The molecule has 0 atom stereocenters. The van der Waals surface area contributed by atoms with Crippen molar-refractivity contribution in [3.8, 4) is 11.6 Å². The highest BCUT2D eigenvalue weighted by Crippen LogP contribution is 2.28. The Balaban J connectivity index is 2.31. The third-order valence-corrected chi connectivity index (χ3v) is 3.45. The van der Waals surface area contributed by atoms with Crippen LogP contribution in [0.3, 0.4) is 0 Å². The van der Waals surface area contributed by atoms with E-state index in [1.165, 1.54) is 6.20 Å². The normalized spacial score (nSPS) is 10.3. The fourth-order valence-electron chi connectivity index (χ4n) is 1.57. The molecule has 0 unspecified atom stereocenters. The predicted molar refractivity (Wildman–Crippen MR) is 79.6 cm³/mol. The van der Waals surface area contributed by atoms with Crippen LogP contribution >= 0.6 is 22.6 Å². The van der Waals surface area contributed by atoms with Crippen molar-refractivity contribution in [2.24, 2.45) is 0 Å². The van der Waals surface area contributed by atoms with Gasteiger partial charge in [0.1, 0.15) is 11.9 Å². The van der Waals surface area contributed by atoms with E-state index >= 15 is 0 Å². The van der Waals surface area contributed by atoms with Gasteiger partial charge in [0.25, 0.3) is 5.69 Å². The number of ether oxygens (including phenoxy) is 1. The first-order valence-electron chi connectivity index (χ1n) is 5.52. The number of hydrogen-bond donors (Lipinski definition) is 0. The number of nitro groups is 1. The molecular formula is C13H11IN2O3. The summed E-state index contributed by atoms with van der Waals surface area (Å²) in [6, 6.07) is 7.41. The topological polar surface area (TPSA) is 65.3 Å². The SMILES string of the molecule is Cc1ccc(I)c(Oc2cc(C)c([N+](=O)[O-])cn2)c1. The number of aromatic nitrogens is 1. The molecule has 2 rings (SSSR count). The van der Waals surface area contributed by atoms with Crippen LogP contribution in [0.25, 0.3) is 0 Å². The highest BCUT2D eigenvalue weighted by molar-refractivity contribution is 14.1. The van der Waals surface area contributed by atoms with Crippen LogP contribution in [0.5, 0.6) is 11.6 Å². The van der Waals surface area contributed by atoms with E-state index in [0.29, 0.717) is 17.2 Å². The number of halogens is 1. The predicted octanol–water partition coefficient (Wildman–Crippen LogP) is 4.00. The van der Waals surface area contributed by atoms with Gasteiger partial charge in [-0.2, -0.15) is 0 Å². The van der Waals surface area contributed by atoms with Gasteiger partial charge in [0.15, 0.2) is 0 Å². The monoisotopic (exact) mass is 370 g/mol. The molecule has 5 nitrogen and oxygen atoms in total. The summed E-state index contributed by atoms with van der Waals surface area (Å²) < 4.78 is 6.62. The van der Waals surface area contributed by atoms with E-state index < -0.39 is 4.92 Å². The highest BCUT2D eigenvalue weighted by Gasteiger charge is 2.13. The van der Waals surface area contributed by atoms with Gasteiger partial charge in [0.05, 0.1) is 8.49 Å². The molecule has 98 valence electrons. The van der Waals surface area contributed by atoms with Gasteiger partial charge in [0.2, 0.25) is 5.88 Å². The number of nitrogens with zero attached hydrogens (tertiary/aromatic N) is 2. The molecule has 1 aromatic heterocycles. The van der Waals surface area contributed by atoms with E-state index in [-0.39, 0.29) is 5.69 Å². The van der Waals surface area contributed by atoms with Crippen LogP contribution in [0.1, 0.15) is 11.1 Å². The van der Waals surface area contributed by atoms with Crippen LogP contribution in [0, 0.1) is 27.5 Å². The summed E-state index contributed by atoms with van der Waals surface area (Å²) in [5.41, 5.74) is 1.60. The standard InChI is InChI=1S/C13H11IN2O3/c1-8-3-4-10(14)12(5-8)19-13-6-9(2)11(7-15-13)16(17)18/h3-7H,1-2H3. The summed E-state index contributed by atoms with van der Waals surface area (Å²) >= 11 is 2.17. The molecule has 0 amide bonds. The van der Waals surface area contributed by atoms with E-state index in [1.807, 2.05) is 25.1 Å². The zero-order valence-corrected chi connectivity index (χ0v) is 12.5. The first-order chi connectivity index (χ1) is 8.97. The van der Waals surface area contributed by atoms with Crippen LogP contribution in [-0.2, 0) is 0 Å². The summed E-state index contributed by atoms with van der Waals surface area (Å²) in [5, 5.41) is 10.7. The molecule has 6 heteroatoms. The molecule has 0 aliphatic carbocycles. The Kier molecular flexibility index (Phi) is 3.98. The molecule has 19 heavy (non-hydrogen) atoms. The minimum Gasteiger partial charge on any atom is -0.438 e. The lowest BCUT2D eigenvalue weighted by molar-refractivity contribution is -0.385. The summed E-state index contributed by atoms with van der Waals surface area (Å²) in [5.74, 6) is 1.05. The van der Waals surface area contributed by atoms with Crippen molar-refractivity contribution in [3.63, 3.8) is 0 Å². The molecule has 0 spiro atoms. The lowest BCUT2D eigenvalue weighted by Crippen LogP contribution is -1.96. The number of pyridine rings is 1. The molecule has 0 saturated carbocycles. The lowest BCUT2D eigenvalue weighted by Gasteiger charge is -2.08. The van der Waals surface area contributed by atoms with Crippen molar-refractivity contribution in [2.75, 3.05) is 0 Å². The van der Waals surface area contributed by atoms with Gasteiger partial charge in [-0.1, -0.05) is 6.07 Å². The average Bonchev–Trinajstić information content (AvgIpc) is 2.33. The van der Waals surface area contributed by atoms with Crippen molar-refractivity contribution in [2.45, 2.75) is 13.8 Å². The summed E-state index contributed by atoms with van der Waals surface area (Å²) in [4.78, 5) is 14.2. The van der Waals surface area contributed by atoms with E-state index in [4.69, 9.17) is 4.74 Å². The fourth-order valence-corrected chi connectivity index (χ4v) is 2.02. The van der Waals surface area contributed by atoms with Gasteiger partial charge in [0, 0.05) is 11.6 Å². The number of hydrogen-bond acceptors (Lipinski definition) is 4. The van der Waals surface area contributed by atoms with E-state index in [2.05, 4.69) is 27.6 Å². The molecule has 0 fully saturated rings. The molecule has 0 radical (unpaired) electrons. The van der Waals surface area contributed by atoms with Gasteiger partial charge < -0.3 is 4.74 Å². The quantitative estimate of drug-likeness (QED) is 0.465. The van der Waals surface area contributed by atoms with Gasteiger partial charge in [-0.25, -0.2) is 4.98 Å². The van der Waals surface area contributed by atoms with Crippen LogP contribution in [-0.4, -0.2) is 9.91 Å². The Bertz CT molecular complexity index is 644. The van der Waals surface area contributed by atoms with Crippen LogP contribution in [0.15, 0.2) is 30.5 Å². The molecule has 0 N–H and O–H groups in total. The maximum Gasteiger partial charge on any atom is 0.290 e. The average molecular weight is 370 g/mol. The van der Waals surface area contributed by atoms with Gasteiger partial charge >= 0.3 is 0 Å². The van der Waals surface area contributed by atoms with Gasteiger partial charge in [-0.15, -0.1) is 0 Å². The Labute approximate surface area is 123 Å². The minimum absolute atomic E-state index is 0.00807. The maximum atomic E-state index is 10.7. The van der Waals surface area contributed by atoms with Crippen molar-refractivity contribution in [1.82, 2.24) is 4.98 Å². The minimum atomic E-state index is -0.456. The van der Waals surface area contributed by atoms with Gasteiger partial charge in [-0.05, 0) is 54.1 Å². The lowest BCUT2D eigenvalue weighted by atomic mass is 10.2. The second kappa shape index (κ2) is 5.52. The molecule has 1 heterocycles. The largest absolute Gasteiger partial charge is 0.438 e. The summed E-state index contributed by atoms with van der Waals surface area (Å²) in [6.45, 7) is 3.63. The first kappa shape index (κ1) is 13.7. The Morgan fingerprint density at radius 2 is 2.05 bits per heavy atom. The van der Waals surface area contributed by atoms with E-state index in [0.717, 1.165) is 9.13 Å². The molecule has 0 bridgehead atoms. The summed E-state index contributed by atoms with van der Waals surface area (Å²) in [6.07, 6.45) is 1.22. The number of rotatable bonds is 3. The van der Waals surface area contributed by atoms with Crippen molar-refractivity contribution < 1.29 is 9.66 Å². The van der Waals surface area contributed by atoms with Crippen molar-refractivity contribution >= 4 is 28.3 Å². The van der Waals surface area contributed by atoms with E-state index in [9.17, 15) is 10.1 Å². The van der Waals surface area contributed by atoms with Crippen LogP contribution < -0.4 is 4.74 Å². The van der Waals surface area contributed by atoms with Crippen LogP contribution in [0.4, 0.5) is 5.69 Å². The number of benzene rings is 1. The molecule has 0 aliphatic rings. The van der Waals surface area contributed by atoms with E-state index in [1.54, 1.807) is 13.0 Å². The Morgan fingerprint density at radius 3 is 2.68 bits per heavy atom. The maximum absolute atomic E-state index is 10.7. The summed E-state index contributed by atoms with van der Waals surface area (Å²) in [7, 11) is 0. The second-order valence-electron chi connectivity index (χ2n) is 4.10. The zero-order chi connectivity index (χ0) is 14.0. The molecule has 1 aromatic carbocycles. The Hall–Kier alpha value is -1.70. The Morgan fingerprint density at radius 1 is 1.32 bits per heavy atom. The highest BCUT2D eigenvalue weighted by atomic mass is 127.